The number of aliphatic carboxylic acids is 1. The van der Waals surface area contributed by atoms with E-state index in [1.165, 1.54) is 24.3 Å². The summed E-state index contributed by atoms with van der Waals surface area (Å²) >= 11 is 0. The smallest absolute Gasteiger partial charge is 0.328 e. The Morgan fingerprint density at radius 3 is 1.33 bits per heavy atom. The Bertz CT molecular complexity index is 1800. The molecule has 358 valence electrons. The number of primary amides is 2. The van der Waals surface area contributed by atoms with Crippen molar-refractivity contribution in [2.24, 2.45) is 23.1 Å². The number of carbonyl (C=O) groups excluding carboxylic acids is 9. The number of aromatic hydroxyl groups is 1. The van der Waals surface area contributed by atoms with Crippen molar-refractivity contribution >= 4 is 59.1 Å². The third-order valence-electron chi connectivity index (χ3n) is 9.19. The number of hydrogen-bond acceptors (Lipinski definition) is 16. The van der Waals surface area contributed by atoms with E-state index < -0.39 is 140 Å². The second kappa shape index (κ2) is 27.6. The molecule has 0 unspecified atom stereocenters. The van der Waals surface area contributed by atoms with Crippen LogP contribution < -0.4 is 54.4 Å². The first-order chi connectivity index (χ1) is 29.9. The fourth-order valence-corrected chi connectivity index (χ4v) is 5.63. The second-order valence-electron chi connectivity index (χ2n) is 15.1. The van der Waals surface area contributed by atoms with Gasteiger partial charge in [0.2, 0.25) is 53.2 Å². The predicted octanol–water partition coefficient (Wildman–Crippen LogP) is -7.33. The molecule has 0 radical (unpaired) electrons. The van der Waals surface area contributed by atoms with Crippen LogP contribution in [0.15, 0.2) is 24.3 Å². The van der Waals surface area contributed by atoms with E-state index in [1.807, 2.05) is 0 Å². The van der Waals surface area contributed by atoms with Crippen LogP contribution in [-0.2, 0) is 54.4 Å². The maximum atomic E-state index is 13.7. The summed E-state index contributed by atoms with van der Waals surface area (Å²) in [6.45, 7) is 1.11. The van der Waals surface area contributed by atoms with Gasteiger partial charge < -0.3 is 85.1 Å². The number of benzene rings is 1. The van der Waals surface area contributed by atoms with E-state index in [1.54, 1.807) is 13.8 Å². The molecule has 64 heavy (non-hydrogen) atoms. The van der Waals surface area contributed by atoms with E-state index in [0.717, 1.165) is 6.92 Å². The molecule has 0 saturated heterocycles. The van der Waals surface area contributed by atoms with Crippen molar-refractivity contribution in [2.75, 3.05) is 19.8 Å². The van der Waals surface area contributed by atoms with Gasteiger partial charge in [0, 0.05) is 19.3 Å². The number of amides is 9. The second-order valence-corrected chi connectivity index (χ2v) is 15.1. The van der Waals surface area contributed by atoms with E-state index in [4.69, 9.17) is 17.2 Å². The lowest BCUT2D eigenvalue weighted by molar-refractivity contribution is -0.145. The topological polar surface area (TPSA) is 454 Å². The summed E-state index contributed by atoms with van der Waals surface area (Å²) in [5.74, 6) is -11.4. The van der Waals surface area contributed by atoms with E-state index in [9.17, 15) is 78.6 Å². The molecule has 1 aromatic rings. The number of phenolic OH excluding ortho intramolecular Hbond substituents is 1. The van der Waals surface area contributed by atoms with Crippen molar-refractivity contribution in [2.45, 2.75) is 114 Å². The number of carboxylic acid groups (broad SMARTS) is 1. The third kappa shape index (κ3) is 19.7. The Hall–Kier alpha value is -6.48. The largest absolute Gasteiger partial charge is 0.508 e. The lowest BCUT2D eigenvalue weighted by Crippen LogP contribution is -2.62. The summed E-state index contributed by atoms with van der Waals surface area (Å²) in [4.78, 5) is 127. The molecular formula is C38H60N10O16. The molecule has 1 aromatic carbocycles. The maximum absolute atomic E-state index is 13.7. The minimum absolute atomic E-state index is 0.0558. The summed E-state index contributed by atoms with van der Waals surface area (Å²) in [6.07, 6.45) is -3.17. The van der Waals surface area contributed by atoms with Crippen molar-refractivity contribution in [1.82, 2.24) is 37.2 Å². The number of aliphatic hydroxyl groups is 4. The van der Waals surface area contributed by atoms with E-state index in [0.29, 0.717) is 5.56 Å². The number of nitrogens with two attached hydrogens (primary N) is 3. The van der Waals surface area contributed by atoms with Gasteiger partial charge in [0.1, 0.15) is 42.0 Å². The molecule has 9 atom stereocenters. The predicted molar refractivity (Wildman–Crippen MR) is 220 cm³/mol. The standard InChI is InChI=1S/C38H60N10O16/c1-17(2)12-23(34(59)48-30(18(3)52)38(63)64)43-35(60)25(14-49)46-37(62)27(16-51)47-36(61)26(15-50)45-33(58)24(13-19-4-6-20(53)7-5-19)44-32(57)22(9-11-29(41)55)42-31(56)21(39)8-10-28(40)54/h4-7,17-18,21-27,30,49-53H,8-16,39H2,1-3H3,(H2,40,54)(H2,41,55)(H,42,56)(H,43,60)(H,44,57)(H,45,58)(H,46,62)(H,47,61)(H,48,59)(H,63,64)/t18-,21+,22+,23+,24+,25+,26+,27+,30+/m1/s1. The first kappa shape index (κ1) is 55.5. The summed E-state index contributed by atoms with van der Waals surface area (Å²) < 4.78 is 0. The molecule has 0 aliphatic carbocycles. The average molecular weight is 913 g/mol. The van der Waals surface area contributed by atoms with E-state index in [2.05, 4.69) is 37.2 Å². The molecule has 0 bridgehead atoms. The molecule has 1 rings (SSSR count). The van der Waals surface area contributed by atoms with Crippen LogP contribution >= 0.6 is 0 Å². The molecule has 26 nitrogen and oxygen atoms in total. The third-order valence-corrected chi connectivity index (χ3v) is 9.19. The van der Waals surface area contributed by atoms with Gasteiger partial charge in [0.25, 0.3) is 0 Å². The Labute approximate surface area is 366 Å². The van der Waals surface area contributed by atoms with E-state index >= 15 is 0 Å². The van der Waals surface area contributed by atoms with Gasteiger partial charge in [-0.15, -0.1) is 0 Å². The minimum atomic E-state index is -1.89. The quantitative estimate of drug-likeness (QED) is 0.0355. The number of aliphatic hydroxyl groups excluding tert-OH is 4. The van der Waals surface area contributed by atoms with Crippen molar-refractivity contribution in [3.63, 3.8) is 0 Å². The van der Waals surface area contributed by atoms with Crippen molar-refractivity contribution in [1.29, 1.82) is 0 Å². The number of nitrogens with one attached hydrogen (secondary N) is 7. The number of carboxylic acids is 1. The van der Waals surface area contributed by atoms with Crippen LogP contribution in [0.2, 0.25) is 0 Å². The van der Waals surface area contributed by atoms with Crippen LogP contribution in [0.25, 0.3) is 0 Å². The normalized spacial score (nSPS) is 15.3. The molecular weight excluding hydrogens is 852 g/mol. The van der Waals surface area contributed by atoms with Crippen LogP contribution in [0.4, 0.5) is 0 Å². The summed E-state index contributed by atoms with van der Waals surface area (Å²) in [5.41, 5.74) is 16.5. The van der Waals surface area contributed by atoms with Gasteiger partial charge in [0.15, 0.2) is 6.04 Å². The number of rotatable bonds is 29. The van der Waals surface area contributed by atoms with Crippen molar-refractivity contribution in [3.8, 4) is 5.75 Å². The lowest BCUT2D eigenvalue weighted by Gasteiger charge is -2.27. The number of carbonyl (C=O) groups is 10. The van der Waals surface area contributed by atoms with Crippen molar-refractivity contribution < 1.29 is 78.6 Å². The molecule has 0 heterocycles. The average Bonchev–Trinajstić information content (AvgIpc) is 3.22. The Morgan fingerprint density at radius 2 is 0.922 bits per heavy atom. The lowest BCUT2D eigenvalue weighted by atomic mass is 10.0. The maximum Gasteiger partial charge on any atom is 0.328 e. The monoisotopic (exact) mass is 912 g/mol. The highest BCUT2D eigenvalue weighted by Gasteiger charge is 2.35. The summed E-state index contributed by atoms with van der Waals surface area (Å²) in [5, 5.41) is 74.3. The highest BCUT2D eigenvalue weighted by molar-refractivity contribution is 5.98. The SMILES string of the molecule is CC(C)C[C@H](NC(=O)[C@H](CO)NC(=O)[C@H](CO)NC(=O)[C@H](CO)NC(=O)[C@H](Cc1ccc(O)cc1)NC(=O)[C@H](CCC(N)=O)NC(=O)[C@@H](N)CCC(N)=O)C(=O)N[C@H](C(=O)O)[C@@H](C)O. The molecule has 9 amide bonds. The van der Waals surface area contributed by atoms with Crippen molar-refractivity contribution in [3.05, 3.63) is 29.8 Å². The van der Waals surface area contributed by atoms with Gasteiger partial charge in [-0.25, -0.2) is 4.79 Å². The van der Waals surface area contributed by atoms with Crippen LogP contribution in [0.1, 0.15) is 58.4 Å². The highest BCUT2D eigenvalue weighted by atomic mass is 16.4. The van der Waals surface area contributed by atoms with Gasteiger partial charge in [-0.3, -0.25) is 43.2 Å². The summed E-state index contributed by atoms with van der Waals surface area (Å²) in [7, 11) is 0. The molecule has 0 aliphatic heterocycles. The van der Waals surface area contributed by atoms with Crippen LogP contribution in [0, 0.1) is 5.92 Å². The zero-order chi connectivity index (χ0) is 48.8. The Kier molecular flexibility index (Phi) is 23.9. The van der Waals surface area contributed by atoms with Crippen LogP contribution in [-0.4, -0.2) is 164 Å². The van der Waals surface area contributed by atoms with Crippen LogP contribution in [0.5, 0.6) is 5.75 Å². The van der Waals surface area contributed by atoms with Crippen LogP contribution in [0.3, 0.4) is 0 Å². The van der Waals surface area contributed by atoms with Gasteiger partial charge in [0.05, 0.1) is 32.0 Å². The first-order valence-electron chi connectivity index (χ1n) is 19.9. The highest BCUT2D eigenvalue weighted by Crippen LogP contribution is 2.13. The molecule has 0 saturated carbocycles. The van der Waals surface area contributed by atoms with E-state index in [-0.39, 0.29) is 43.8 Å². The zero-order valence-corrected chi connectivity index (χ0v) is 35.4. The molecule has 26 heteroatoms. The van der Waals surface area contributed by atoms with Gasteiger partial charge in [-0.2, -0.15) is 0 Å². The van der Waals surface area contributed by atoms with Gasteiger partial charge in [-0.05, 0) is 49.8 Å². The molecule has 0 aliphatic rings. The Balaban J connectivity index is 3.25. The van der Waals surface area contributed by atoms with Gasteiger partial charge in [-0.1, -0.05) is 26.0 Å². The minimum Gasteiger partial charge on any atom is -0.508 e. The fraction of sp³-hybridized carbons (Fsp3) is 0.579. The molecule has 0 aromatic heterocycles. The fourth-order valence-electron chi connectivity index (χ4n) is 5.63. The number of phenols is 1. The van der Waals surface area contributed by atoms with Gasteiger partial charge >= 0.3 is 5.97 Å². The summed E-state index contributed by atoms with van der Waals surface area (Å²) in [6, 6.07) is -7.90. The molecule has 0 fully saturated rings. The molecule has 0 spiro atoms. The Morgan fingerprint density at radius 1 is 0.547 bits per heavy atom. The first-order valence-corrected chi connectivity index (χ1v) is 19.9. The number of hydrogen-bond donors (Lipinski definition) is 16. The molecule has 19 N–H and O–H groups in total. The zero-order valence-electron chi connectivity index (χ0n) is 35.4.